The van der Waals surface area contributed by atoms with Crippen LogP contribution in [0, 0.1) is 5.41 Å². The first-order chi connectivity index (χ1) is 6.11. The molecular weight excluding hydrogens is 162 g/mol. The van der Waals surface area contributed by atoms with Crippen LogP contribution in [0.15, 0.2) is 24.3 Å². The molecule has 0 radical (unpaired) electrons. The van der Waals surface area contributed by atoms with Crippen LogP contribution in [-0.2, 0) is 6.42 Å². The van der Waals surface area contributed by atoms with Crippen molar-refractivity contribution in [2.24, 2.45) is 5.73 Å². The lowest BCUT2D eigenvalue weighted by molar-refractivity contribution is 1.10. The van der Waals surface area contributed by atoms with Crippen molar-refractivity contribution in [3.8, 4) is 0 Å². The van der Waals surface area contributed by atoms with Crippen molar-refractivity contribution in [3.63, 3.8) is 0 Å². The molecule has 3 N–H and O–H groups in total. The molecule has 0 aliphatic heterocycles. The second-order valence-electron chi connectivity index (χ2n) is 3.23. The highest BCUT2D eigenvalue weighted by atomic mass is 15.1. The molecule has 0 bridgehead atoms. The fourth-order valence-electron chi connectivity index (χ4n) is 1.30. The Labute approximate surface area is 78.7 Å². The van der Waals surface area contributed by atoms with Crippen molar-refractivity contribution < 1.29 is 0 Å². The summed E-state index contributed by atoms with van der Waals surface area (Å²) in [6.45, 7) is 0. The van der Waals surface area contributed by atoms with Crippen molar-refractivity contribution in [1.82, 2.24) is 0 Å². The van der Waals surface area contributed by atoms with Gasteiger partial charge in [-0.3, -0.25) is 5.41 Å². The van der Waals surface area contributed by atoms with Gasteiger partial charge in [-0.05, 0) is 11.6 Å². The van der Waals surface area contributed by atoms with Crippen LogP contribution in [-0.4, -0.2) is 19.9 Å². The van der Waals surface area contributed by atoms with E-state index in [1.165, 1.54) is 0 Å². The maximum atomic E-state index is 7.23. The predicted molar refractivity (Wildman–Crippen MR) is 56.4 cm³/mol. The number of benzene rings is 1. The molecule has 1 rings (SSSR count). The highest BCUT2D eigenvalue weighted by molar-refractivity contribution is 5.81. The molecule has 0 unspecified atom stereocenters. The fourth-order valence-corrected chi connectivity index (χ4v) is 1.30. The fraction of sp³-hybridized carbons (Fsp3) is 0.300. The Kier molecular flexibility index (Phi) is 2.90. The van der Waals surface area contributed by atoms with Crippen LogP contribution in [0.2, 0.25) is 0 Å². The van der Waals surface area contributed by atoms with Crippen LogP contribution in [0.1, 0.15) is 5.56 Å². The third kappa shape index (κ3) is 2.47. The van der Waals surface area contributed by atoms with Crippen LogP contribution >= 0.6 is 0 Å². The highest BCUT2D eigenvalue weighted by Gasteiger charge is 2.03. The molecule has 0 spiro atoms. The lowest BCUT2D eigenvalue weighted by Gasteiger charge is -2.16. The molecule has 0 aromatic heterocycles. The largest absolute Gasteiger partial charge is 0.387 e. The monoisotopic (exact) mass is 177 g/mol. The Bertz CT molecular complexity index is 305. The van der Waals surface area contributed by atoms with Crippen molar-refractivity contribution in [2.45, 2.75) is 6.42 Å². The number of hydrogen-bond acceptors (Lipinski definition) is 2. The lowest BCUT2D eigenvalue weighted by Crippen LogP contribution is -2.17. The van der Waals surface area contributed by atoms with E-state index in [1.54, 1.807) is 0 Å². The number of amidine groups is 1. The number of para-hydroxylation sites is 1. The maximum absolute atomic E-state index is 7.23. The summed E-state index contributed by atoms with van der Waals surface area (Å²) in [5.74, 6) is 0.203. The van der Waals surface area contributed by atoms with Crippen molar-refractivity contribution in [2.75, 3.05) is 19.0 Å². The van der Waals surface area contributed by atoms with Crippen LogP contribution in [0.4, 0.5) is 5.69 Å². The number of anilines is 1. The van der Waals surface area contributed by atoms with E-state index in [0.29, 0.717) is 6.42 Å². The first kappa shape index (κ1) is 9.58. The van der Waals surface area contributed by atoms with Crippen molar-refractivity contribution in [1.29, 1.82) is 5.41 Å². The minimum absolute atomic E-state index is 0.203. The quantitative estimate of drug-likeness (QED) is 0.539. The third-order valence-electron chi connectivity index (χ3n) is 1.85. The average Bonchev–Trinajstić information content (AvgIpc) is 2.03. The van der Waals surface area contributed by atoms with Crippen LogP contribution in [0.5, 0.6) is 0 Å². The summed E-state index contributed by atoms with van der Waals surface area (Å²) < 4.78 is 0. The smallest absolute Gasteiger partial charge is 0.0950 e. The Morgan fingerprint density at radius 2 is 2.00 bits per heavy atom. The zero-order chi connectivity index (χ0) is 9.84. The minimum atomic E-state index is 0.203. The zero-order valence-electron chi connectivity index (χ0n) is 8.04. The van der Waals surface area contributed by atoms with E-state index < -0.39 is 0 Å². The summed E-state index contributed by atoms with van der Waals surface area (Å²) in [5, 5.41) is 7.23. The van der Waals surface area contributed by atoms with Crippen molar-refractivity contribution >= 4 is 11.5 Å². The summed E-state index contributed by atoms with van der Waals surface area (Å²) >= 11 is 0. The predicted octanol–water partition coefficient (Wildman–Crippen LogP) is 1.23. The summed E-state index contributed by atoms with van der Waals surface area (Å²) in [7, 11) is 3.97. The second kappa shape index (κ2) is 3.94. The van der Waals surface area contributed by atoms with Gasteiger partial charge in [-0.1, -0.05) is 18.2 Å². The Hall–Kier alpha value is -1.51. The number of hydrogen-bond donors (Lipinski definition) is 2. The number of nitrogens with two attached hydrogens (primary N) is 1. The molecule has 13 heavy (non-hydrogen) atoms. The molecule has 0 aliphatic rings. The number of rotatable bonds is 3. The van der Waals surface area contributed by atoms with Gasteiger partial charge in [0.25, 0.3) is 0 Å². The van der Waals surface area contributed by atoms with E-state index in [-0.39, 0.29) is 5.84 Å². The van der Waals surface area contributed by atoms with Gasteiger partial charge in [0, 0.05) is 26.2 Å². The molecule has 0 aliphatic carbocycles. The molecule has 0 heterocycles. The summed E-state index contributed by atoms with van der Waals surface area (Å²) in [4.78, 5) is 2.03. The van der Waals surface area contributed by atoms with E-state index in [2.05, 4.69) is 0 Å². The first-order valence-corrected chi connectivity index (χ1v) is 4.19. The van der Waals surface area contributed by atoms with E-state index in [0.717, 1.165) is 11.3 Å². The van der Waals surface area contributed by atoms with E-state index >= 15 is 0 Å². The number of nitrogens with zero attached hydrogens (tertiary/aromatic N) is 1. The molecular formula is C10H15N3. The van der Waals surface area contributed by atoms with Crippen LogP contribution < -0.4 is 10.6 Å². The molecule has 0 saturated heterocycles. The molecule has 0 fully saturated rings. The average molecular weight is 177 g/mol. The van der Waals surface area contributed by atoms with Crippen molar-refractivity contribution in [3.05, 3.63) is 29.8 Å². The van der Waals surface area contributed by atoms with Gasteiger partial charge in [0.1, 0.15) is 0 Å². The molecule has 70 valence electrons. The molecule has 3 nitrogen and oxygen atoms in total. The maximum Gasteiger partial charge on any atom is 0.0950 e. The van der Waals surface area contributed by atoms with Crippen LogP contribution in [0.25, 0.3) is 0 Å². The minimum Gasteiger partial charge on any atom is -0.387 e. The van der Waals surface area contributed by atoms with Gasteiger partial charge >= 0.3 is 0 Å². The topological polar surface area (TPSA) is 53.1 Å². The summed E-state index contributed by atoms with van der Waals surface area (Å²) in [5.41, 5.74) is 7.58. The van der Waals surface area contributed by atoms with E-state index in [4.69, 9.17) is 11.1 Å². The first-order valence-electron chi connectivity index (χ1n) is 4.19. The Morgan fingerprint density at radius 1 is 1.38 bits per heavy atom. The second-order valence-corrected chi connectivity index (χ2v) is 3.23. The van der Waals surface area contributed by atoms with E-state index in [1.807, 2.05) is 43.3 Å². The summed E-state index contributed by atoms with van der Waals surface area (Å²) in [6.07, 6.45) is 0.522. The zero-order valence-corrected chi connectivity index (χ0v) is 8.04. The van der Waals surface area contributed by atoms with Gasteiger partial charge < -0.3 is 10.6 Å². The van der Waals surface area contributed by atoms with Gasteiger partial charge in [0.2, 0.25) is 0 Å². The molecule has 3 heteroatoms. The standard InChI is InChI=1S/C10H15N3/c1-13(2)9-6-4-3-5-8(9)7-10(11)12/h3-6H,7H2,1-2H3,(H3,11,12). The molecule has 0 atom stereocenters. The molecule has 0 saturated carbocycles. The van der Waals surface area contributed by atoms with Gasteiger partial charge in [-0.15, -0.1) is 0 Å². The number of nitrogens with one attached hydrogen (secondary N) is 1. The van der Waals surface area contributed by atoms with Crippen LogP contribution in [0.3, 0.4) is 0 Å². The third-order valence-corrected chi connectivity index (χ3v) is 1.85. The van der Waals surface area contributed by atoms with E-state index in [9.17, 15) is 0 Å². The lowest BCUT2D eigenvalue weighted by atomic mass is 10.1. The summed E-state index contributed by atoms with van der Waals surface area (Å²) in [6, 6.07) is 7.97. The van der Waals surface area contributed by atoms with Gasteiger partial charge in [0.05, 0.1) is 5.84 Å². The Morgan fingerprint density at radius 3 is 2.54 bits per heavy atom. The molecule has 1 aromatic carbocycles. The normalized spacial score (nSPS) is 9.69. The SMILES string of the molecule is CN(C)c1ccccc1CC(=N)N. The van der Waals surface area contributed by atoms with Gasteiger partial charge in [-0.25, -0.2) is 0 Å². The molecule has 0 amide bonds. The molecule has 1 aromatic rings. The van der Waals surface area contributed by atoms with Gasteiger partial charge in [0.15, 0.2) is 0 Å². The Balaban J connectivity index is 2.97. The van der Waals surface area contributed by atoms with Gasteiger partial charge in [-0.2, -0.15) is 0 Å². The highest BCUT2D eigenvalue weighted by Crippen LogP contribution is 2.17.